The van der Waals surface area contributed by atoms with Gasteiger partial charge in [0.05, 0.1) is 5.69 Å². The predicted octanol–water partition coefficient (Wildman–Crippen LogP) is 0.0983. The summed E-state index contributed by atoms with van der Waals surface area (Å²) < 4.78 is 1.95. The highest BCUT2D eigenvalue weighted by Gasteiger charge is 2.17. The van der Waals surface area contributed by atoms with Gasteiger partial charge in [0.15, 0.2) is 0 Å². The third-order valence-electron chi connectivity index (χ3n) is 3.01. The van der Waals surface area contributed by atoms with Gasteiger partial charge in [-0.25, -0.2) is 0 Å². The minimum atomic E-state index is 0.647. The van der Waals surface area contributed by atoms with Crippen LogP contribution >= 0.6 is 0 Å². The molecule has 1 aliphatic rings. The largest absolute Gasteiger partial charge is 0.314 e. The molecule has 2 heterocycles. The van der Waals surface area contributed by atoms with Crippen LogP contribution in [0.2, 0.25) is 0 Å². The summed E-state index contributed by atoms with van der Waals surface area (Å²) in [6, 6.07) is 0.647. The van der Waals surface area contributed by atoms with Crippen molar-refractivity contribution in [2.45, 2.75) is 26.4 Å². The van der Waals surface area contributed by atoms with Crippen LogP contribution in [-0.4, -0.2) is 28.9 Å². The van der Waals surface area contributed by atoms with Gasteiger partial charge in [0.1, 0.15) is 0 Å². The second kappa shape index (κ2) is 3.71. The zero-order chi connectivity index (χ0) is 10.1. The monoisotopic (exact) mass is 194 g/mol. The molecular weight excluding hydrogens is 176 g/mol. The van der Waals surface area contributed by atoms with Gasteiger partial charge < -0.3 is 10.6 Å². The van der Waals surface area contributed by atoms with Crippen molar-refractivity contribution < 1.29 is 0 Å². The maximum atomic E-state index is 4.39. The van der Waals surface area contributed by atoms with Crippen LogP contribution in [0.4, 0.5) is 0 Å². The Kier molecular flexibility index (Phi) is 2.56. The molecule has 4 nitrogen and oxygen atoms in total. The van der Waals surface area contributed by atoms with Crippen molar-refractivity contribution >= 4 is 0 Å². The first-order chi connectivity index (χ1) is 6.68. The third-order valence-corrected chi connectivity index (χ3v) is 3.01. The molecule has 1 aromatic rings. The number of hydrogen-bond donors (Lipinski definition) is 2. The molecule has 0 amide bonds. The smallest absolute Gasteiger partial charge is 0.0641 e. The van der Waals surface area contributed by atoms with E-state index in [1.165, 1.54) is 11.3 Å². The molecular formula is C10H18N4. The van der Waals surface area contributed by atoms with Gasteiger partial charge in [-0.2, -0.15) is 5.10 Å². The van der Waals surface area contributed by atoms with Gasteiger partial charge in [-0.3, -0.25) is 4.68 Å². The highest BCUT2D eigenvalue weighted by Crippen LogP contribution is 2.11. The zero-order valence-electron chi connectivity index (χ0n) is 9.09. The Morgan fingerprint density at radius 1 is 1.50 bits per heavy atom. The average Bonchev–Trinajstić information content (AvgIpc) is 2.28. The second-order valence-electron chi connectivity index (χ2n) is 4.01. The first-order valence-corrected chi connectivity index (χ1v) is 5.11. The van der Waals surface area contributed by atoms with Crippen molar-refractivity contribution in [3.63, 3.8) is 0 Å². The number of aryl methyl sites for hydroxylation is 2. The lowest BCUT2D eigenvalue weighted by molar-refractivity contribution is 0.365. The van der Waals surface area contributed by atoms with Crippen molar-refractivity contribution in [1.29, 1.82) is 0 Å². The van der Waals surface area contributed by atoms with Gasteiger partial charge in [0.2, 0.25) is 0 Å². The van der Waals surface area contributed by atoms with Crippen molar-refractivity contribution in [3.05, 3.63) is 17.0 Å². The lowest BCUT2D eigenvalue weighted by Crippen LogP contribution is -2.55. The van der Waals surface area contributed by atoms with Gasteiger partial charge in [-0.05, 0) is 13.8 Å². The molecule has 1 fully saturated rings. The molecule has 2 rings (SSSR count). The normalized spacial score (nSPS) is 17.1. The molecule has 0 atom stereocenters. The van der Waals surface area contributed by atoms with Crippen LogP contribution in [0, 0.1) is 13.8 Å². The number of nitrogens with zero attached hydrogens (tertiary/aromatic N) is 2. The van der Waals surface area contributed by atoms with Crippen molar-refractivity contribution in [2.24, 2.45) is 7.05 Å². The van der Waals surface area contributed by atoms with Gasteiger partial charge >= 0.3 is 0 Å². The Hall–Kier alpha value is -0.870. The molecule has 1 saturated heterocycles. The van der Waals surface area contributed by atoms with E-state index in [4.69, 9.17) is 0 Å². The van der Waals surface area contributed by atoms with E-state index in [-0.39, 0.29) is 0 Å². The van der Waals surface area contributed by atoms with Crippen LogP contribution in [0.3, 0.4) is 0 Å². The fourth-order valence-electron chi connectivity index (χ4n) is 1.75. The Balaban J connectivity index is 2.00. The third kappa shape index (κ3) is 1.67. The maximum Gasteiger partial charge on any atom is 0.0641 e. The molecule has 0 spiro atoms. The zero-order valence-corrected chi connectivity index (χ0v) is 9.09. The molecule has 1 aromatic heterocycles. The van der Waals surface area contributed by atoms with Gasteiger partial charge in [-0.1, -0.05) is 0 Å². The van der Waals surface area contributed by atoms with Crippen LogP contribution in [-0.2, 0) is 13.6 Å². The standard InChI is InChI=1S/C10H18N4/c1-7-10(8(2)14(3)13-7)6-12-9-4-11-5-9/h9,11-12H,4-6H2,1-3H3. The molecule has 2 N–H and O–H groups in total. The fraction of sp³-hybridized carbons (Fsp3) is 0.700. The van der Waals surface area contributed by atoms with E-state index < -0.39 is 0 Å². The van der Waals surface area contributed by atoms with Crippen LogP contribution in [0.15, 0.2) is 0 Å². The van der Waals surface area contributed by atoms with E-state index in [9.17, 15) is 0 Å². The van der Waals surface area contributed by atoms with Crippen molar-refractivity contribution in [1.82, 2.24) is 20.4 Å². The van der Waals surface area contributed by atoms with E-state index in [0.29, 0.717) is 6.04 Å². The molecule has 1 aliphatic heterocycles. The van der Waals surface area contributed by atoms with E-state index in [1.807, 2.05) is 11.7 Å². The summed E-state index contributed by atoms with van der Waals surface area (Å²) in [5, 5.41) is 11.2. The second-order valence-corrected chi connectivity index (χ2v) is 4.01. The molecule has 0 aromatic carbocycles. The van der Waals surface area contributed by atoms with Crippen molar-refractivity contribution in [3.8, 4) is 0 Å². The quantitative estimate of drug-likeness (QED) is 0.717. The van der Waals surface area contributed by atoms with Crippen molar-refractivity contribution in [2.75, 3.05) is 13.1 Å². The summed E-state index contributed by atoms with van der Waals surface area (Å²) in [6.07, 6.45) is 0. The fourth-order valence-corrected chi connectivity index (χ4v) is 1.75. The Labute approximate surface area is 84.7 Å². The first-order valence-electron chi connectivity index (χ1n) is 5.11. The molecule has 78 valence electrons. The minimum absolute atomic E-state index is 0.647. The highest BCUT2D eigenvalue weighted by molar-refractivity contribution is 5.24. The maximum absolute atomic E-state index is 4.39. The van der Waals surface area contributed by atoms with Crippen LogP contribution in [0.1, 0.15) is 17.0 Å². The van der Waals surface area contributed by atoms with E-state index in [2.05, 4.69) is 29.6 Å². The molecule has 14 heavy (non-hydrogen) atoms. The summed E-state index contributed by atoms with van der Waals surface area (Å²) >= 11 is 0. The highest BCUT2D eigenvalue weighted by atomic mass is 15.3. The molecule has 0 bridgehead atoms. The summed E-state index contributed by atoms with van der Waals surface area (Å²) in [5.41, 5.74) is 3.76. The minimum Gasteiger partial charge on any atom is -0.314 e. The Bertz CT molecular complexity index is 325. The molecule has 0 unspecified atom stereocenters. The topological polar surface area (TPSA) is 41.9 Å². The van der Waals surface area contributed by atoms with Crippen LogP contribution < -0.4 is 10.6 Å². The Morgan fingerprint density at radius 2 is 2.21 bits per heavy atom. The van der Waals surface area contributed by atoms with E-state index >= 15 is 0 Å². The van der Waals surface area contributed by atoms with Gasteiger partial charge in [0.25, 0.3) is 0 Å². The first kappa shape index (κ1) is 9.68. The van der Waals surface area contributed by atoms with Crippen LogP contribution in [0.5, 0.6) is 0 Å². The average molecular weight is 194 g/mol. The molecule has 0 aliphatic carbocycles. The molecule has 0 radical (unpaired) electrons. The van der Waals surface area contributed by atoms with E-state index in [1.54, 1.807) is 0 Å². The number of rotatable bonds is 3. The molecule has 4 heteroatoms. The van der Waals surface area contributed by atoms with Gasteiger partial charge in [-0.15, -0.1) is 0 Å². The summed E-state index contributed by atoms with van der Waals surface area (Å²) in [4.78, 5) is 0. The summed E-state index contributed by atoms with van der Waals surface area (Å²) in [7, 11) is 2.00. The Morgan fingerprint density at radius 3 is 2.64 bits per heavy atom. The van der Waals surface area contributed by atoms with Gasteiger partial charge in [0, 0.05) is 44.0 Å². The van der Waals surface area contributed by atoms with E-state index in [0.717, 1.165) is 25.3 Å². The SMILES string of the molecule is Cc1nn(C)c(C)c1CNC1CNC1. The van der Waals surface area contributed by atoms with Crippen LogP contribution in [0.25, 0.3) is 0 Å². The summed E-state index contributed by atoms with van der Waals surface area (Å²) in [5.74, 6) is 0. The number of aromatic nitrogens is 2. The summed E-state index contributed by atoms with van der Waals surface area (Å²) in [6.45, 7) is 7.33. The number of nitrogens with one attached hydrogen (secondary N) is 2. The lowest BCUT2D eigenvalue weighted by atomic mass is 10.1. The molecule has 0 saturated carbocycles. The predicted molar refractivity (Wildman–Crippen MR) is 56.2 cm³/mol. The number of hydrogen-bond acceptors (Lipinski definition) is 3. The lowest BCUT2D eigenvalue weighted by Gasteiger charge is -2.28.